The summed E-state index contributed by atoms with van der Waals surface area (Å²) in [6.45, 7) is -0.620. The zero-order valence-corrected chi connectivity index (χ0v) is 25.7. The van der Waals surface area contributed by atoms with Gasteiger partial charge >= 0.3 is 12.1 Å². The Kier molecular flexibility index (Phi) is 9.42. The first-order chi connectivity index (χ1) is 21.9. The molecule has 2 amide bonds. The Labute approximate surface area is 268 Å². The normalized spacial score (nSPS) is 11.3. The van der Waals surface area contributed by atoms with E-state index in [1.165, 1.54) is 43.5 Å². The molecule has 0 aliphatic rings. The van der Waals surface area contributed by atoms with Crippen molar-refractivity contribution in [3.05, 3.63) is 112 Å². The number of carboxylic acid groups (broad SMARTS) is 1. The average Bonchev–Trinajstić information content (AvgIpc) is 3.44. The minimum atomic E-state index is -4.68. The maximum Gasteiger partial charge on any atom is 0.416 e. The Morgan fingerprint density at radius 1 is 0.978 bits per heavy atom. The van der Waals surface area contributed by atoms with Crippen LogP contribution >= 0.6 is 15.9 Å². The molecular formula is C33H25BrF3N3O6. The van der Waals surface area contributed by atoms with Gasteiger partial charge in [0.2, 0.25) is 11.8 Å². The van der Waals surface area contributed by atoms with Crippen LogP contribution in [0.2, 0.25) is 0 Å². The SMILES string of the molecule is COc1ccc(CC(=O)Nc2ccc(C(=O)N(CC(=O)O)Cc3ccc4oc(-c5ccc(Br)cc5)nc4c3)cc2)c(C(F)(F)F)c1. The average molecular weight is 696 g/mol. The van der Waals surface area contributed by atoms with E-state index in [1.807, 2.05) is 24.3 Å². The number of fused-ring (bicyclic) bond motifs is 1. The number of carbonyl (C=O) groups excluding carboxylic acids is 2. The highest BCUT2D eigenvalue weighted by Gasteiger charge is 2.34. The van der Waals surface area contributed by atoms with E-state index in [0.29, 0.717) is 22.6 Å². The predicted octanol–water partition coefficient (Wildman–Crippen LogP) is 7.19. The van der Waals surface area contributed by atoms with Gasteiger partial charge in [-0.1, -0.05) is 28.1 Å². The molecule has 0 saturated carbocycles. The molecule has 1 aromatic heterocycles. The molecule has 0 atom stereocenters. The summed E-state index contributed by atoms with van der Waals surface area (Å²) in [7, 11) is 1.25. The largest absolute Gasteiger partial charge is 0.497 e. The van der Waals surface area contributed by atoms with E-state index < -0.39 is 42.5 Å². The molecule has 0 bridgehead atoms. The number of rotatable bonds is 10. The lowest BCUT2D eigenvalue weighted by Crippen LogP contribution is -2.35. The minimum Gasteiger partial charge on any atom is -0.497 e. The van der Waals surface area contributed by atoms with E-state index in [2.05, 4.69) is 26.2 Å². The van der Waals surface area contributed by atoms with Crippen molar-refractivity contribution < 1.29 is 41.8 Å². The number of hydrogen-bond acceptors (Lipinski definition) is 6. The van der Waals surface area contributed by atoms with E-state index in [4.69, 9.17) is 9.15 Å². The molecule has 5 aromatic rings. The smallest absolute Gasteiger partial charge is 0.416 e. The summed E-state index contributed by atoms with van der Waals surface area (Å²) < 4.78 is 52.2. The van der Waals surface area contributed by atoms with Crippen molar-refractivity contribution in [2.24, 2.45) is 0 Å². The van der Waals surface area contributed by atoms with Crippen molar-refractivity contribution in [3.63, 3.8) is 0 Å². The molecule has 9 nitrogen and oxygen atoms in total. The molecular weight excluding hydrogens is 671 g/mol. The standard InChI is InChI=1S/C33H25BrF3N3O6/c1-45-25-12-7-22(26(16-25)33(35,36)37)15-29(41)38-24-10-5-21(6-11-24)32(44)40(18-30(42)43)17-19-2-13-28-27(14-19)39-31(46-28)20-3-8-23(34)9-4-20/h2-14,16H,15,17-18H2,1H3,(H,38,41)(H,42,43). The molecule has 13 heteroatoms. The van der Waals surface area contributed by atoms with Gasteiger partial charge < -0.3 is 24.5 Å². The highest BCUT2D eigenvalue weighted by Crippen LogP contribution is 2.35. The summed E-state index contributed by atoms with van der Waals surface area (Å²) in [5, 5.41) is 12.0. The third kappa shape index (κ3) is 7.72. The lowest BCUT2D eigenvalue weighted by atomic mass is 10.0. The number of nitrogens with one attached hydrogen (secondary N) is 1. The number of alkyl halides is 3. The number of ether oxygens (including phenoxy) is 1. The minimum absolute atomic E-state index is 0.0122. The maximum absolute atomic E-state index is 13.5. The van der Waals surface area contributed by atoms with Crippen LogP contribution in [0.3, 0.4) is 0 Å². The van der Waals surface area contributed by atoms with E-state index >= 15 is 0 Å². The number of carboxylic acids is 1. The van der Waals surface area contributed by atoms with E-state index in [1.54, 1.807) is 18.2 Å². The Hall–Kier alpha value is -5.17. The summed E-state index contributed by atoms with van der Waals surface area (Å²) in [6.07, 6.45) is -5.23. The lowest BCUT2D eigenvalue weighted by molar-refractivity contribution is -0.139. The van der Waals surface area contributed by atoms with Gasteiger partial charge in [0.25, 0.3) is 5.91 Å². The van der Waals surface area contributed by atoms with Crippen molar-refractivity contribution in [3.8, 4) is 17.2 Å². The van der Waals surface area contributed by atoms with Crippen LogP contribution in [0.5, 0.6) is 5.75 Å². The number of carbonyl (C=O) groups is 3. The summed E-state index contributed by atoms with van der Waals surface area (Å²) in [5.74, 6) is -2.07. The first kappa shape index (κ1) is 32.2. The molecule has 4 aromatic carbocycles. The van der Waals surface area contributed by atoms with Crippen LogP contribution in [-0.4, -0.2) is 46.4 Å². The van der Waals surface area contributed by atoms with Crippen molar-refractivity contribution in [1.29, 1.82) is 0 Å². The quantitative estimate of drug-likeness (QED) is 0.159. The van der Waals surface area contributed by atoms with Crippen LogP contribution in [0.15, 0.2) is 93.8 Å². The number of anilines is 1. The topological polar surface area (TPSA) is 122 Å². The highest BCUT2D eigenvalue weighted by atomic mass is 79.9. The number of benzene rings is 4. The molecule has 46 heavy (non-hydrogen) atoms. The van der Waals surface area contributed by atoms with Gasteiger partial charge in [0.15, 0.2) is 5.58 Å². The van der Waals surface area contributed by atoms with Crippen molar-refractivity contribution >= 4 is 50.5 Å². The van der Waals surface area contributed by atoms with Gasteiger partial charge in [0, 0.05) is 27.8 Å². The van der Waals surface area contributed by atoms with E-state index in [-0.39, 0.29) is 29.1 Å². The summed E-state index contributed by atoms with van der Waals surface area (Å²) in [6, 6.07) is 21.5. The van der Waals surface area contributed by atoms with Crippen LogP contribution in [0.1, 0.15) is 27.0 Å². The van der Waals surface area contributed by atoms with Crippen LogP contribution in [-0.2, 0) is 28.7 Å². The third-order valence-corrected chi connectivity index (χ3v) is 7.45. The van der Waals surface area contributed by atoms with Gasteiger partial charge in [-0.15, -0.1) is 0 Å². The maximum atomic E-state index is 13.5. The van der Waals surface area contributed by atoms with Gasteiger partial charge in [-0.25, -0.2) is 4.98 Å². The van der Waals surface area contributed by atoms with Crippen molar-refractivity contribution in [2.75, 3.05) is 19.0 Å². The first-order valence-corrected chi connectivity index (χ1v) is 14.5. The van der Waals surface area contributed by atoms with Gasteiger partial charge in [-0.2, -0.15) is 13.2 Å². The Bertz CT molecular complexity index is 1910. The number of nitrogens with zero attached hydrogens (tertiary/aromatic N) is 2. The first-order valence-electron chi connectivity index (χ1n) is 13.7. The van der Waals surface area contributed by atoms with Crippen molar-refractivity contribution in [1.82, 2.24) is 9.88 Å². The van der Waals surface area contributed by atoms with Crippen LogP contribution < -0.4 is 10.1 Å². The number of halogens is 4. The number of amides is 2. The second-order valence-corrected chi connectivity index (χ2v) is 11.1. The molecule has 0 fully saturated rings. The lowest BCUT2D eigenvalue weighted by Gasteiger charge is -2.21. The third-order valence-electron chi connectivity index (χ3n) is 6.92. The van der Waals surface area contributed by atoms with Gasteiger partial charge in [-0.05, 0) is 83.9 Å². The van der Waals surface area contributed by atoms with Gasteiger partial charge in [0.05, 0.1) is 19.1 Å². The van der Waals surface area contributed by atoms with Gasteiger partial charge in [-0.3, -0.25) is 14.4 Å². The number of methoxy groups -OCH3 is 1. The van der Waals surface area contributed by atoms with E-state index in [9.17, 15) is 32.7 Å². The summed E-state index contributed by atoms with van der Waals surface area (Å²) >= 11 is 3.39. The number of hydrogen-bond donors (Lipinski definition) is 2. The molecule has 1 heterocycles. The highest BCUT2D eigenvalue weighted by molar-refractivity contribution is 9.10. The monoisotopic (exact) mass is 695 g/mol. The molecule has 0 aliphatic carbocycles. The van der Waals surface area contributed by atoms with Crippen LogP contribution in [0, 0.1) is 0 Å². The molecule has 236 valence electrons. The van der Waals surface area contributed by atoms with Crippen molar-refractivity contribution in [2.45, 2.75) is 19.1 Å². The summed E-state index contributed by atoms with van der Waals surface area (Å²) in [4.78, 5) is 43.2. The molecule has 0 spiro atoms. The van der Waals surface area contributed by atoms with Crippen LogP contribution in [0.25, 0.3) is 22.6 Å². The fraction of sp³-hybridized carbons (Fsp3) is 0.152. The second-order valence-electron chi connectivity index (χ2n) is 10.2. The zero-order valence-electron chi connectivity index (χ0n) is 24.1. The fourth-order valence-electron chi connectivity index (χ4n) is 4.73. The predicted molar refractivity (Wildman–Crippen MR) is 166 cm³/mol. The van der Waals surface area contributed by atoms with Gasteiger partial charge in [0.1, 0.15) is 17.8 Å². The molecule has 0 aliphatic heterocycles. The summed E-state index contributed by atoms with van der Waals surface area (Å²) in [5.41, 5.74) is 1.64. The molecule has 0 unspecified atom stereocenters. The second kappa shape index (κ2) is 13.4. The number of oxazole rings is 1. The fourth-order valence-corrected chi connectivity index (χ4v) is 4.99. The molecule has 5 rings (SSSR count). The van der Waals surface area contributed by atoms with Crippen LogP contribution in [0.4, 0.5) is 18.9 Å². The number of aliphatic carboxylic acids is 1. The Balaban J connectivity index is 1.28. The Morgan fingerprint density at radius 2 is 1.70 bits per heavy atom. The number of aromatic nitrogens is 1. The molecule has 0 saturated heterocycles. The zero-order chi connectivity index (χ0) is 33.0. The molecule has 0 radical (unpaired) electrons. The molecule has 2 N–H and O–H groups in total. The Morgan fingerprint density at radius 3 is 2.35 bits per heavy atom. The van der Waals surface area contributed by atoms with E-state index in [0.717, 1.165) is 21.0 Å².